The number of hydrogen-bond acceptors (Lipinski definition) is 6. The molecule has 8 heteroatoms. The first kappa shape index (κ1) is 20.0. The number of aryl methyl sites for hydroxylation is 1. The first-order valence-corrected chi connectivity index (χ1v) is 8.93. The molecule has 0 unspecified atom stereocenters. The van der Waals surface area contributed by atoms with Gasteiger partial charge in [-0.1, -0.05) is 36.9 Å². The third-order valence-electron chi connectivity index (χ3n) is 2.74. The topological polar surface area (TPSA) is 94.3 Å². The monoisotopic (exact) mass is 367 g/mol. The van der Waals surface area contributed by atoms with Crippen LogP contribution in [-0.4, -0.2) is 23.9 Å². The van der Waals surface area contributed by atoms with E-state index in [0.29, 0.717) is 16.4 Å². The summed E-state index contributed by atoms with van der Waals surface area (Å²) in [6.07, 6.45) is 1.67. The molecule has 1 aromatic heterocycles. The van der Waals surface area contributed by atoms with Crippen LogP contribution in [0, 0.1) is 6.92 Å². The molecular weight excluding hydrogens is 346 g/mol. The molecule has 1 heterocycles. The van der Waals surface area contributed by atoms with Gasteiger partial charge in [-0.25, -0.2) is 4.98 Å². The minimum atomic E-state index is -0.540. The number of anilines is 1. The third kappa shape index (κ3) is 5.24. The molecule has 3 N–H and O–H groups in total. The van der Waals surface area contributed by atoms with Crippen LogP contribution in [0.15, 0.2) is 27.4 Å². The summed E-state index contributed by atoms with van der Waals surface area (Å²) in [4.78, 5) is 27.5. The molecule has 0 radical (unpaired) electrons. The zero-order chi connectivity index (χ0) is 18.3. The van der Waals surface area contributed by atoms with Crippen molar-refractivity contribution < 1.29 is 14.3 Å². The van der Waals surface area contributed by atoms with E-state index in [2.05, 4.69) is 10.3 Å². The van der Waals surface area contributed by atoms with E-state index in [-0.39, 0.29) is 5.91 Å². The van der Waals surface area contributed by atoms with Crippen molar-refractivity contribution in [3.05, 3.63) is 29.5 Å². The Morgan fingerprint density at radius 3 is 2.54 bits per heavy atom. The van der Waals surface area contributed by atoms with E-state index >= 15 is 0 Å². The van der Waals surface area contributed by atoms with Crippen LogP contribution in [0.3, 0.4) is 0 Å². The number of benzene rings is 1. The number of carbonyl (C=O) groups is 2. The number of nitrogens with two attached hydrogens (primary N) is 1. The number of methoxy groups -OCH3 is 1. The Kier molecular flexibility index (Phi) is 7.73. The molecule has 0 spiro atoms. The van der Waals surface area contributed by atoms with Crippen molar-refractivity contribution in [3.8, 4) is 5.75 Å². The van der Waals surface area contributed by atoms with Crippen LogP contribution < -0.4 is 15.8 Å². The Bertz CT molecular complexity index is 729. The number of nitrogens with zero attached hydrogens (tertiary/aromatic N) is 1. The maximum Gasteiger partial charge on any atom is 0.252 e. The highest BCUT2D eigenvalue weighted by molar-refractivity contribution is 8.01. The highest BCUT2D eigenvalue weighted by Gasteiger charge is 2.14. The van der Waals surface area contributed by atoms with E-state index in [4.69, 9.17) is 10.5 Å². The van der Waals surface area contributed by atoms with Gasteiger partial charge >= 0.3 is 0 Å². The second-order valence-electron chi connectivity index (χ2n) is 4.45. The zero-order valence-electron chi connectivity index (χ0n) is 14.3. The summed E-state index contributed by atoms with van der Waals surface area (Å²) >= 11 is 2.82. The van der Waals surface area contributed by atoms with E-state index in [1.165, 1.54) is 37.1 Å². The fourth-order valence-corrected chi connectivity index (χ4v) is 3.74. The van der Waals surface area contributed by atoms with Crippen LogP contribution in [0.4, 0.5) is 5.13 Å². The molecule has 2 aromatic rings. The van der Waals surface area contributed by atoms with Crippen LogP contribution in [0.5, 0.6) is 5.75 Å². The van der Waals surface area contributed by atoms with Gasteiger partial charge in [-0.15, -0.1) is 0 Å². The summed E-state index contributed by atoms with van der Waals surface area (Å²) < 4.78 is 6.07. The van der Waals surface area contributed by atoms with Crippen LogP contribution in [0.25, 0.3) is 0 Å². The number of primary amides is 1. The maximum absolute atomic E-state index is 11.5. The van der Waals surface area contributed by atoms with Crippen molar-refractivity contribution in [2.45, 2.75) is 36.8 Å². The molecule has 2 amide bonds. The van der Waals surface area contributed by atoms with Crippen LogP contribution >= 0.6 is 23.1 Å². The van der Waals surface area contributed by atoms with E-state index in [1.807, 2.05) is 20.8 Å². The van der Waals surface area contributed by atoms with Crippen molar-refractivity contribution in [1.82, 2.24) is 4.98 Å². The first-order valence-electron chi connectivity index (χ1n) is 7.30. The number of aromatic nitrogens is 1. The number of carbonyl (C=O) groups excluding carboxylic acids is 2. The predicted octanol–water partition coefficient (Wildman–Crippen LogP) is 3.69. The van der Waals surface area contributed by atoms with E-state index in [9.17, 15) is 9.59 Å². The lowest BCUT2D eigenvalue weighted by Crippen LogP contribution is -2.12. The molecule has 0 aliphatic rings. The first-order chi connectivity index (χ1) is 11.4. The van der Waals surface area contributed by atoms with Gasteiger partial charge in [0.15, 0.2) is 5.13 Å². The molecule has 130 valence electrons. The van der Waals surface area contributed by atoms with Gasteiger partial charge in [0.1, 0.15) is 5.75 Å². The van der Waals surface area contributed by atoms with Crippen LogP contribution in [0.1, 0.15) is 36.7 Å². The minimum absolute atomic E-state index is 0.164. The van der Waals surface area contributed by atoms with Gasteiger partial charge in [0, 0.05) is 11.8 Å². The Morgan fingerprint density at radius 1 is 1.33 bits per heavy atom. The minimum Gasteiger partial charge on any atom is -0.496 e. The number of hydrogen-bond donors (Lipinski definition) is 2. The largest absolute Gasteiger partial charge is 0.496 e. The van der Waals surface area contributed by atoms with Crippen molar-refractivity contribution in [1.29, 1.82) is 0 Å². The maximum atomic E-state index is 11.5. The summed E-state index contributed by atoms with van der Waals surface area (Å²) in [5.41, 5.74) is 6.67. The van der Waals surface area contributed by atoms with Crippen molar-refractivity contribution >= 4 is 40.0 Å². The lowest BCUT2D eigenvalue weighted by Gasteiger charge is -2.10. The van der Waals surface area contributed by atoms with Gasteiger partial charge in [0.05, 0.1) is 23.1 Å². The molecule has 0 fully saturated rings. The molecular formula is C16H21N3O3S2. The lowest BCUT2D eigenvalue weighted by molar-refractivity contribution is -0.114. The van der Waals surface area contributed by atoms with Gasteiger partial charge in [0.25, 0.3) is 5.91 Å². The Labute approximate surface area is 149 Å². The van der Waals surface area contributed by atoms with E-state index in [0.717, 1.165) is 14.7 Å². The fraction of sp³-hybridized carbons (Fsp3) is 0.312. The molecule has 2 rings (SSSR count). The molecule has 6 nitrogen and oxygen atoms in total. The third-order valence-corrected chi connectivity index (χ3v) is 4.91. The van der Waals surface area contributed by atoms with Crippen LogP contribution in [-0.2, 0) is 4.79 Å². The zero-order valence-corrected chi connectivity index (χ0v) is 15.9. The molecule has 0 aliphatic heterocycles. The van der Waals surface area contributed by atoms with E-state index in [1.54, 1.807) is 18.3 Å². The Hall–Kier alpha value is -2.06. The molecule has 0 aliphatic carbocycles. The summed E-state index contributed by atoms with van der Waals surface area (Å²) in [7, 11) is 1.50. The van der Waals surface area contributed by atoms with Crippen molar-refractivity contribution in [2.75, 3.05) is 12.4 Å². The summed E-state index contributed by atoms with van der Waals surface area (Å²) in [5.74, 6) is -0.248. The Morgan fingerprint density at radius 2 is 2.00 bits per heavy atom. The number of thiazole rings is 1. The molecule has 0 atom stereocenters. The summed E-state index contributed by atoms with van der Waals surface area (Å²) in [6, 6.07) is 3.48. The molecule has 0 saturated carbocycles. The molecule has 24 heavy (non-hydrogen) atoms. The van der Waals surface area contributed by atoms with Gasteiger partial charge in [-0.3, -0.25) is 9.59 Å². The second-order valence-corrected chi connectivity index (χ2v) is 6.82. The van der Waals surface area contributed by atoms with Gasteiger partial charge in [0.2, 0.25) is 5.91 Å². The summed E-state index contributed by atoms with van der Waals surface area (Å²) in [5, 5.41) is 3.17. The predicted molar refractivity (Wildman–Crippen MR) is 98.1 cm³/mol. The number of ether oxygens (including phenoxy) is 1. The highest BCUT2D eigenvalue weighted by atomic mass is 32.2. The molecule has 0 saturated heterocycles. The fourth-order valence-electron chi connectivity index (χ4n) is 1.76. The second kappa shape index (κ2) is 9.29. The normalized spacial score (nSPS) is 9.71. The standard InChI is InChI=1S/C14H15N3O3S2.C2H6/c1-7-4-10(20-3)9(13(15)19)5-11(7)21-12-6-16-14(22-12)17-8(2)18;1-2/h4-6H,1-3H3,(H2,15,19)(H,16,17,18);1-2H3. The average molecular weight is 367 g/mol. The van der Waals surface area contributed by atoms with Gasteiger partial charge < -0.3 is 15.8 Å². The number of rotatable bonds is 5. The number of amides is 2. The highest BCUT2D eigenvalue weighted by Crippen LogP contribution is 2.38. The van der Waals surface area contributed by atoms with Gasteiger partial charge in [-0.05, 0) is 24.6 Å². The molecule has 0 bridgehead atoms. The van der Waals surface area contributed by atoms with E-state index < -0.39 is 5.91 Å². The number of nitrogens with one attached hydrogen (secondary N) is 1. The quantitative estimate of drug-likeness (QED) is 0.840. The Balaban J connectivity index is 0.00000139. The van der Waals surface area contributed by atoms with Crippen LogP contribution in [0.2, 0.25) is 0 Å². The average Bonchev–Trinajstić information content (AvgIpc) is 2.96. The smallest absolute Gasteiger partial charge is 0.252 e. The molecule has 1 aromatic carbocycles. The SMILES string of the molecule is CC.COc1cc(C)c(Sc2cnc(NC(C)=O)s2)cc1C(N)=O. The summed E-state index contributed by atoms with van der Waals surface area (Å²) in [6.45, 7) is 7.35. The van der Waals surface area contributed by atoms with Gasteiger partial charge in [-0.2, -0.15) is 0 Å². The lowest BCUT2D eigenvalue weighted by atomic mass is 10.1. The van der Waals surface area contributed by atoms with Crippen molar-refractivity contribution in [2.24, 2.45) is 5.73 Å². The van der Waals surface area contributed by atoms with Crippen molar-refractivity contribution in [3.63, 3.8) is 0 Å².